The fourth-order valence-corrected chi connectivity index (χ4v) is 2.61. The molecule has 6 heteroatoms. The van der Waals surface area contributed by atoms with E-state index in [0.717, 1.165) is 5.03 Å². The van der Waals surface area contributed by atoms with Crippen molar-refractivity contribution < 1.29 is 4.79 Å². The number of pyridine rings is 1. The van der Waals surface area contributed by atoms with Crippen molar-refractivity contribution >= 4 is 52.3 Å². The number of benzene rings is 1. The molecule has 0 unspecified atom stereocenters. The number of Topliss-reactive ketones (excluding diaryl/α,β-unsaturated/α-hetero) is 1. The standard InChI is InChI=1S/C13H8Cl3NOS/c14-8-1-3-11(16)10(5-8)12(18)7-19-13-4-2-9(15)6-17-13/h1-6H,7H2. The van der Waals surface area contributed by atoms with Gasteiger partial charge in [-0.25, -0.2) is 4.98 Å². The van der Waals surface area contributed by atoms with Gasteiger partial charge >= 0.3 is 0 Å². The molecule has 2 rings (SSSR count). The maximum Gasteiger partial charge on any atom is 0.174 e. The Labute approximate surface area is 130 Å². The highest BCUT2D eigenvalue weighted by molar-refractivity contribution is 7.99. The van der Waals surface area contributed by atoms with Crippen LogP contribution in [0.2, 0.25) is 15.1 Å². The number of halogens is 3. The molecule has 1 heterocycles. The highest BCUT2D eigenvalue weighted by atomic mass is 35.5. The lowest BCUT2D eigenvalue weighted by atomic mass is 10.1. The lowest BCUT2D eigenvalue weighted by Crippen LogP contribution is -2.03. The van der Waals surface area contributed by atoms with Gasteiger partial charge in [-0.15, -0.1) is 0 Å². The molecular formula is C13H8Cl3NOS. The highest BCUT2D eigenvalue weighted by Crippen LogP contribution is 2.24. The van der Waals surface area contributed by atoms with Gasteiger partial charge in [0.05, 0.1) is 20.8 Å². The van der Waals surface area contributed by atoms with E-state index in [1.165, 1.54) is 11.8 Å². The average Bonchev–Trinajstić information content (AvgIpc) is 2.40. The zero-order valence-electron chi connectivity index (χ0n) is 9.57. The van der Waals surface area contributed by atoms with Crippen molar-refractivity contribution in [3.8, 4) is 0 Å². The molecule has 0 amide bonds. The van der Waals surface area contributed by atoms with Crippen LogP contribution in [0.1, 0.15) is 10.4 Å². The van der Waals surface area contributed by atoms with E-state index in [-0.39, 0.29) is 11.5 Å². The van der Waals surface area contributed by atoms with Crippen LogP contribution >= 0.6 is 46.6 Å². The van der Waals surface area contributed by atoms with E-state index in [1.54, 1.807) is 36.5 Å². The maximum absolute atomic E-state index is 12.0. The molecule has 0 saturated carbocycles. The molecule has 1 aromatic heterocycles. The zero-order chi connectivity index (χ0) is 13.8. The summed E-state index contributed by atoms with van der Waals surface area (Å²) >= 11 is 18.9. The second kappa shape index (κ2) is 6.62. The molecule has 0 saturated heterocycles. The average molecular weight is 333 g/mol. The number of aromatic nitrogens is 1. The molecule has 0 fully saturated rings. The molecule has 0 atom stereocenters. The van der Waals surface area contributed by atoms with Crippen LogP contribution in [0.3, 0.4) is 0 Å². The molecule has 1 aromatic carbocycles. The van der Waals surface area contributed by atoms with Crippen LogP contribution < -0.4 is 0 Å². The first-order chi connectivity index (χ1) is 9.06. The largest absolute Gasteiger partial charge is 0.293 e. The Balaban J connectivity index is 2.05. The monoisotopic (exact) mass is 331 g/mol. The minimum atomic E-state index is -0.0887. The molecule has 0 aliphatic rings. The Morgan fingerprint density at radius 2 is 1.84 bits per heavy atom. The number of carbonyl (C=O) groups excluding carboxylic acids is 1. The molecule has 0 N–H and O–H groups in total. The molecule has 0 aliphatic heterocycles. The van der Waals surface area contributed by atoms with E-state index in [1.807, 2.05) is 0 Å². The first kappa shape index (κ1) is 14.7. The number of thioether (sulfide) groups is 1. The summed E-state index contributed by atoms with van der Waals surface area (Å²) in [6.45, 7) is 0. The van der Waals surface area contributed by atoms with E-state index >= 15 is 0 Å². The van der Waals surface area contributed by atoms with Crippen molar-refractivity contribution in [3.05, 3.63) is 57.2 Å². The highest BCUT2D eigenvalue weighted by Gasteiger charge is 2.11. The van der Waals surface area contributed by atoms with E-state index in [9.17, 15) is 4.79 Å². The van der Waals surface area contributed by atoms with Crippen molar-refractivity contribution in [2.75, 3.05) is 5.75 Å². The number of hydrogen-bond donors (Lipinski definition) is 0. The van der Waals surface area contributed by atoms with Crippen LogP contribution in [0, 0.1) is 0 Å². The third kappa shape index (κ3) is 4.11. The molecule has 0 aliphatic carbocycles. The summed E-state index contributed by atoms with van der Waals surface area (Å²) in [5, 5.41) is 2.19. The minimum Gasteiger partial charge on any atom is -0.293 e. The summed E-state index contributed by atoms with van der Waals surface area (Å²) in [5.41, 5.74) is 0.427. The normalized spacial score (nSPS) is 10.5. The van der Waals surface area contributed by atoms with Crippen molar-refractivity contribution in [1.82, 2.24) is 4.98 Å². The van der Waals surface area contributed by atoms with Gasteiger partial charge < -0.3 is 0 Å². The Kier molecular flexibility index (Phi) is 5.11. The van der Waals surface area contributed by atoms with Crippen LogP contribution in [0.5, 0.6) is 0 Å². The maximum atomic E-state index is 12.0. The van der Waals surface area contributed by atoms with Gasteiger partial charge in [0, 0.05) is 16.8 Å². The summed E-state index contributed by atoms with van der Waals surface area (Å²) in [6, 6.07) is 8.33. The minimum absolute atomic E-state index is 0.0887. The van der Waals surface area contributed by atoms with Crippen LogP contribution in [0.15, 0.2) is 41.6 Å². The predicted octanol–water partition coefficient (Wildman–Crippen LogP) is 5.02. The van der Waals surface area contributed by atoms with Crippen molar-refractivity contribution in [2.24, 2.45) is 0 Å². The summed E-state index contributed by atoms with van der Waals surface area (Å²) in [7, 11) is 0. The Bertz CT molecular complexity index is 601. The predicted molar refractivity (Wildman–Crippen MR) is 80.8 cm³/mol. The van der Waals surface area contributed by atoms with E-state index in [2.05, 4.69) is 4.98 Å². The van der Waals surface area contributed by atoms with Gasteiger partial charge in [0.2, 0.25) is 0 Å². The van der Waals surface area contributed by atoms with Crippen molar-refractivity contribution in [3.63, 3.8) is 0 Å². The number of carbonyl (C=O) groups is 1. The molecule has 0 bridgehead atoms. The van der Waals surface area contributed by atoms with Crippen LogP contribution in [-0.2, 0) is 0 Å². The summed E-state index contributed by atoms with van der Waals surface area (Å²) in [5.74, 6) is 0.156. The van der Waals surface area contributed by atoms with E-state index < -0.39 is 0 Å². The lowest BCUT2D eigenvalue weighted by Gasteiger charge is -2.04. The van der Waals surface area contributed by atoms with Crippen LogP contribution in [-0.4, -0.2) is 16.5 Å². The number of ketones is 1. The topological polar surface area (TPSA) is 30.0 Å². The molecule has 2 aromatic rings. The van der Waals surface area contributed by atoms with Gasteiger partial charge in [-0.1, -0.05) is 46.6 Å². The summed E-state index contributed by atoms with van der Waals surface area (Å²) in [4.78, 5) is 16.1. The third-order valence-electron chi connectivity index (χ3n) is 2.28. The molecular weight excluding hydrogens is 325 g/mol. The Morgan fingerprint density at radius 1 is 1.11 bits per heavy atom. The lowest BCUT2D eigenvalue weighted by molar-refractivity contribution is 0.102. The smallest absolute Gasteiger partial charge is 0.174 e. The summed E-state index contributed by atoms with van der Waals surface area (Å²) < 4.78 is 0. The molecule has 0 radical (unpaired) electrons. The van der Waals surface area contributed by atoms with Gasteiger partial charge in [-0.05, 0) is 30.3 Å². The Hall–Kier alpha value is -0.740. The van der Waals surface area contributed by atoms with Gasteiger partial charge in [-0.2, -0.15) is 0 Å². The molecule has 19 heavy (non-hydrogen) atoms. The number of hydrogen-bond acceptors (Lipinski definition) is 3. The fourth-order valence-electron chi connectivity index (χ4n) is 1.38. The Morgan fingerprint density at radius 3 is 2.53 bits per heavy atom. The quantitative estimate of drug-likeness (QED) is 0.582. The second-order valence-corrected chi connectivity index (χ2v) is 5.93. The van der Waals surface area contributed by atoms with Crippen molar-refractivity contribution in [1.29, 1.82) is 0 Å². The second-order valence-electron chi connectivity index (χ2n) is 3.65. The van der Waals surface area contributed by atoms with E-state index in [4.69, 9.17) is 34.8 Å². The first-order valence-electron chi connectivity index (χ1n) is 5.29. The van der Waals surface area contributed by atoms with Crippen LogP contribution in [0.4, 0.5) is 0 Å². The van der Waals surface area contributed by atoms with Crippen molar-refractivity contribution in [2.45, 2.75) is 5.03 Å². The first-order valence-corrected chi connectivity index (χ1v) is 7.41. The zero-order valence-corrected chi connectivity index (χ0v) is 12.7. The van der Waals surface area contributed by atoms with Gasteiger partial charge in [0.15, 0.2) is 5.78 Å². The fraction of sp³-hybridized carbons (Fsp3) is 0.0769. The molecule has 0 spiro atoms. The summed E-state index contributed by atoms with van der Waals surface area (Å²) in [6.07, 6.45) is 1.54. The third-order valence-corrected chi connectivity index (χ3v) is 4.01. The number of rotatable bonds is 4. The van der Waals surface area contributed by atoms with Crippen LogP contribution in [0.25, 0.3) is 0 Å². The van der Waals surface area contributed by atoms with Gasteiger partial charge in [0.25, 0.3) is 0 Å². The molecule has 2 nitrogen and oxygen atoms in total. The SMILES string of the molecule is O=C(CSc1ccc(Cl)cn1)c1cc(Cl)ccc1Cl. The van der Waals surface area contributed by atoms with Gasteiger partial charge in [-0.3, -0.25) is 4.79 Å². The van der Waals surface area contributed by atoms with E-state index in [0.29, 0.717) is 20.6 Å². The molecule has 98 valence electrons. The van der Waals surface area contributed by atoms with Gasteiger partial charge in [0.1, 0.15) is 0 Å². The number of nitrogens with zero attached hydrogens (tertiary/aromatic N) is 1.